The van der Waals surface area contributed by atoms with Crippen LogP contribution in [-0.2, 0) is 27.4 Å². The van der Waals surface area contributed by atoms with Gasteiger partial charge in [0, 0.05) is 12.2 Å². The number of allylic oxidation sites excluding steroid dienone is 1. The number of carbonyl (C=O) groups excluding carboxylic acids is 2. The summed E-state index contributed by atoms with van der Waals surface area (Å²) in [6.45, 7) is 2.75. The van der Waals surface area contributed by atoms with Crippen molar-refractivity contribution in [3.8, 4) is 5.75 Å². The standard InChI is InChI=1S/C29H27NO4/c1-21-27(29(32)33-2)26(28(31)30(21)18-17-22-9-5-3-6-10-22)19-23-13-15-25(16-14-23)34-20-24-11-7-4-8-12-24/h3-16,19H,17-18,20H2,1-2H3/b26-19-. The second kappa shape index (κ2) is 10.7. The molecule has 5 nitrogen and oxygen atoms in total. The highest BCUT2D eigenvalue weighted by Crippen LogP contribution is 2.32. The summed E-state index contributed by atoms with van der Waals surface area (Å²) in [7, 11) is 1.33. The van der Waals surface area contributed by atoms with Crippen LogP contribution in [0.2, 0.25) is 0 Å². The molecule has 3 aromatic carbocycles. The van der Waals surface area contributed by atoms with Gasteiger partial charge in [0.2, 0.25) is 0 Å². The van der Waals surface area contributed by atoms with Crippen molar-refractivity contribution in [1.82, 2.24) is 4.90 Å². The van der Waals surface area contributed by atoms with Gasteiger partial charge in [0.1, 0.15) is 12.4 Å². The smallest absolute Gasteiger partial charge is 0.340 e. The number of esters is 1. The maximum absolute atomic E-state index is 13.3. The van der Waals surface area contributed by atoms with Crippen molar-refractivity contribution in [2.24, 2.45) is 0 Å². The van der Waals surface area contributed by atoms with E-state index in [1.807, 2.05) is 84.9 Å². The van der Waals surface area contributed by atoms with Crippen molar-refractivity contribution in [2.75, 3.05) is 13.7 Å². The topological polar surface area (TPSA) is 55.8 Å². The largest absolute Gasteiger partial charge is 0.489 e. The molecular formula is C29H27NO4. The molecule has 4 rings (SSSR count). The number of carbonyl (C=O) groups is 2. The first kappa shape index (κ1) is 23.1. The molecule has 0 saturated carbocycles. The number of amides is 1. The summed E-state index contributed by atoms with van der Waals surface area (Å²) in [6, 6.07) is 27.4. The van der Waals surface area contributed by atoms with E-state index in [9.17, 15) is 9.59 Å². The Morgan fingerprint density at radius 1 is 0.882 bits per heavy atom. The number of hydrogen-bond donors (Lipinski definition) is 0. The second-order valence-electron chi connectivity index (χ2n) is 8.05. The van der Waals surface area contributed by atoms with Gasteiger partial charge in [-0.15, -0.1) is 0 Å². The molecule has 1 aliphatic heterocycles. The minimum atomic E-state index is -0.512. The van der Waals surface area contributed by atoms with Gasteiger partial charge in [-0.2, -0.15) is 0 Å². The SMILES string of the molecule is COC(=O)C1=C(C)N(CCc2ccccc2)C(=O)/C1=C\c1ccc(OCc2ccccc2)cc1. The van der Waals surface area contributed by atoms with Crippen LogP contribution in [0.15, 0.2) is 102 Å². The highest BCUT2D eigenvalue weighted by molar-refractivity contribution is 6.16. The number of ether oxygens (including phenoxy) is 2. The summed E-state index contributed by atoms with van der Waals surface area (Å²) in [5, 5.41) is 0. The summed E-state index contributed by atoms with van der Waals surface area (Å²) in [4.78, 5) is 27.5. The maximum Gasteiger partial charge on any atom is 0.340 e. The minimum Gasteiger partial charge on any atom is -0.489 e. The van der Waals surface area contributed by atoms with Gasteiger partial charge in [0.15, 0.2) is 0 Å². The average Bonchev–Trinajstić information content (AvgIpc) is 3.11. The number of benzene rings is 3. The first-order valence-corrected chi connectivity index (χ1v) is 11.2. The van der Waals surface area contributed by atoms with Crippen molar-refractivity contribution in [2.45, 2.75) is 20.0 Å². The van der Waals surface area contributed by atoms with Crippen LogP contribution in [0, 0.1) is 0 Å². The van der Waals surface area contributed by atoms with E-state index in [-0.39, 0.29) is 5.91 Å². The third kappa shape index (κ3) is 5.26. The molecule has 1 amide bonds. The van der Waals surface area contributed by atoms with Crippen LogP contribution in [0.5, 0.6) is 5.75 Å². The highest BCUT2D eigenvalue weighted by atomic mass is 16.5. The molecule has 3 aromatic rings. The van der Waals surface area contributed by atoms with E-state index < -0.39 is 5.97 Å². The van der Waals surface area contributed by atoms with E-state index in [2.05, 4.69) is 0 Å². The van der Waals surface area contributed by atoms with Crippen LogP contribution in [0.3, 0.4) is 0 Å². The molecule has 0 unspecified atom stereocenters. The maximum atomic E-state index is 13.3. The monoisotopic (exact) mass is 453 g/mol. The van der Waals surface area contributed by atoms with E-state index in [0.717, 1.165) is 22.4 Å². The Morgan fingerprint density at radius 3 is 2.12 bits per heavy atom. The molecule has 0 bridgehead atoms. The van der Waals surface area contributed by atoms with Gasteiger partial charge in [0.25, 0.3) is 5.91 Å². The lowest BCUT2D eigenvalue weighted by atomic mass is 10.0. The van der Waals surface area contributed by atoms with Crippen LogP contribution in [0.1, 0.15) is 23.6 Å². The Hall–Kier alpha value is -4.12. The summed E-state index contributed by atoms with van der Waals surface area (Å²) >= 11 is 0. The number of nitrogens with zero attached hydrogens (tertiary/aromatic N) is 1. The Kier molecular flexibility index (Phi) is 7.23. The molecule has 0 N–H and O–H groups in total. The lowest BCUT2D eigenvalue weighted by Gasteiger charge is -2.17. The van der Waals surface area contributed by atoms with Crippen LogP contribution in [0.4, 0.5) is 0 Å². The first-order chi connectivity index (χ1) is 16.6. The first-order valence-electron chi connectivity index (χ1n) is 11.2. The van der Waals surface area contributed by atoms with Crippen molar-refractivity contribution < 1.29 is 19.1 Å². The lowest BCUT2D eigenvalue weighted by Crippen LogP contribution is -2.27. The zero-order valence-electron chi connectivity index (χ0n) is 19.4. The van der Waals surface area contributed by atoms with Gasteiger partial charge in [-0.1, -0.05) is 72.8 Å². The second-order valence-corrected chi connectivity index (χ2v) is 8.05. The molecule has 0 fully saturated rings. The van der Waals surface area contributed by atoms with Gasteiger partial charge in [-0.3, -0.25) is 4.79 Å². The third-order valence-corrected chi connectivity index (χ3v) is 5.81. The zero-order valence-corrected chi connectivity index (χ0v) is 19.4. The quantitative estimate of drug-likeness (QED) is 0.348. The van der Waals surface area contributed by atoms with Gasteiger partial charge < -0.3 is 14.4 Å². The van der Waals surface area contributed by atoms with E-state index >= 15 is 0 Å². The fraction of sp³-hybridized carbons (Fsp3) is 0.172. The molecule has 34 heavy (non-hydrogen) atoms. The number of hydrogen-bond acceptors (Lipinski definition) is 4. The number of methoxy groups -OCH3 is 1. The fourth-order valence-corrected chi connectivity index (χ4v) is 3.95. The summed E-state index contributed by atoms with van der Waals surface area (Å²) in [6.07, 6.45) is 2.43. The zero-order chi connectivity index (χ0) is 23.9. The Morgan fingerprint density at radius 2 is 1.50 bits per heavy atom. The van der Waals surface area contributed by atoms with Gasteiger partial charge in [-0.05, 0) is 48.2 Å². The molecule has 1 heterocycles. The third-order valence-electron chi connectivity index (χ3n) is 5.81. The minimum absolute atomic E-state index is 0.196. The van der Waals surface area contributed by atoms with Gasteiger partial charge >= 0.3 is 5.97 Å². The molecule has 5 heteroatoms. The van der Waals surface area contributed by atoms with Gasteiger partial charge in [0.05, 0.1) is 18.3 Å². The Balaban J connectivity index is 1.52. The highest BCUT2D eigenvalue weighted by Gasteiger charge is 2.36. The number of rotatable bonds is 8. The van der Waals surface area contributed by atoms with Crippen molar-refractivity contribution in [3.05, 3.63) is 118 Å². The van der Waals surface area contributed by atoms with E-state index in [4.69, 9.17) is 9.47 Å². The van der Waals surface area contributed by atoms with Crippen molar-refractivity contribution >= 4 is 18.0 Å². The fourth-order valence-electron chi connectivity index (χ4n) is 3.95. The van der Waals surface area contributed by atoms with Crippen molar-refractivity contribution in [3.63, 3.8) is 0 Å². The molecular weight excluding hydrogens is 426 g/mol. The predicted octanol–water partition coefficient (Wildman–Crippen LogP) is 5.18. The molecule has 0 aliphatic carbocycles. The van der Waals surface area contributed by atoms with Crippen LogP contribution >= 0.6 is 0 Å². The summed E-state index contributed by atoms with van der Waals surface area (Å²) in [5.74, 6) is 0.0218. The molecule has 0 radical (unpaired) electrons. The molecule has 0 saturated heterocycles. The van der Waals surface area contributed by atoms with Crippen LogP contribution in [0.25, 0.3) is 6.08 Å². The van der Waals surface area contributed by atoms with E-state index in [1.54, 1.807) is 17.9 Å². The molecule has 0 atom stereocenters. The summed E-state index contributed by atoms with van der Waals surface area (Å²) in [5.41, 5.74) is 4.28. The van der Waals surface area contributed by atoms with Crippen LogP contribution < -0.4 is 4.74 Å². The van der Waals surface area contributed by atoms with Crippen molar-refractivity contribution in [1.29, 1.82) is 0 Å². The molecule has 0 aromatic heterocycles. The molecule has 1 aliphatic rings. The lowest BCUT2D eigenvalue weighted by molar-refractivity contribution is -0.136. The Bertz CT molecular complexity index is 1210. The average molecular weight is 454 g/mol. The van der Waals surface area contributed by atoms with E-state index in [1.165, 1.54) is 7.11 Å². The molecule has 172 valence electrons. The normalized spacial score (nSPS) is 14.6. The predicted molar refractivity (Wildman–Crippen MR) is 132 cm³/mol. The molecule has 0 spiro atoms. The van der Waals surface area contributed by atoms with Crippen LogP contribution in [-0.4, -0.2) is 30.4 Å². The van der Waals surface area contributed by atoms with E-state index in [0.29, 0.717) is 36.4 Å². The summed E-state index contributed by atoms with van der Waals surface area (Å²) < 4.78 is 10.8. The Labute approximate surface area is 199 Å². The van der Waals surface area contributed by atoms with Gasteiger partial charge in [-0.25, -0.2) is 4.79 Å².